The molecule has 0 unspecified atom stereocenters. The minimum Gasteiger partial charge on any atom is -0.494 e. The van der Waals surface area contributed by atoms with Crippen molar-refractivity contribution in [2.45, 2.75) is 13.0 Å². The number of nitro groups is 1. The minimum atomic E-state index is -1.23. The molecule has 2 aromatic carbocycles. The van der Waals surface area contributed by atoms with Crippen LogP contribution in [0.2, 0.25) is 10.0 Å². The number of nitrogens with one attached hydrogen (secondary N) is 1. The molecule has 1 amide bonds. The Hall–Kier alpha value is -2.84. The summed E-state index contributed by atoms with van der Waals surface area (Å²) in [7, 11) is 1.38. The Bertz CT molecular complexity index is 880. The zero-order chi connectivity index (χ0) is 20.1. The molecule has 0 fully saturated rings. The van der Waals surface area contributed by atoms with Gasteiger partial charge in [-0.05, 0) is 25.1 Å². The minimum absolute atomic E-state index is 0.00839. The number of benzene rings is 2. The van der Waals surface area contributed by atoms with Crippen molar-refractivity contribution in [3.63, 3.8) is 0 Å². The fourth-order valence-corrected chi connectivity index (χ4v) is 2.77. The van der Waals surface area contributed by atoms with Crippen LogP contribution < -0.4 is 10.1 Å². The maximum Gasteiger partial charge on any atom is 0.339 e. The SMILES string of the molecule is COc1c(Cl)cc(C(=O)O[C@@H](C)C(=O)Nc2ccccc2[N+](=O)[O-])cc1Cl. The van der Waals surface area contributed by atoms with Crippen LogP contribution in [-0.2, 0) is 9.53 Å². The van der Waals surface area contributed by atoms with Crippen LogP contribution in [0.5, 0.6) is 5.75 Å². The fraction of sp³-hybridized carbons (Fsp3) is 0.176. The average Bonchev–Trinajstić information content (AvgIpc) is 2.61. The summed E-state index contributed by atoms with van der Waals surface area (Å²) < 4.78 is 10.1. The van der Waals surface area contributed by atoms with Gasteiger partial charge in [-0.2, -0.15) is 0 Å². The van der Waals surface area contributed by atoms with Crippen LogP contribution in [0.1, 0.15) is 17.3 Å². The van der Waals surface area contributed by atoms with Gasteiger partial charge < -0.3 is 14.8 Å². The van der Waals surface area contributed by atoms with Crippen LogP contribution in [0.15, 0.2) is 36.4 Å². The highest BCUT2D eigenvalue weighted by Crippen LogP contribution is 2.34. The number of ether oxygens (including phenoxy) is 2. The molecular weight excluding hydrogens is 399 g/mol. The third-order valence-electron chi connectivity index (χ3n) is 3.45. The van der Waals surface area contributed by atoms with Crippen LogP contribution in [0.4, 0.5) is 11.4 Å². The average molecular weight is 413 g/mol. The van der Waals surface area contributed by atoms with Gasteiger partial charge in [-0.25, -0.2) is 4.79 Å². The highest BCUT2D eigenvalue weighted by Gasteiger charge is 2.23. The van der Waals surface area contributed by atoms with E-state index < -0.39 is 22.9 Å². The number of hydrogen-bond acceptors (Lipinski definition) is 6. The lowest BCUT2D eigenvalue weighted by Crippen LogP contribution is -2.30. The number of carbonyl (C=O) groups is 2. The molecule has 0 aromatic heterocycles. The molecule has 0 aliphatic rings. The van der Waals surface area contributed by atoms with Crippen LogP contribution in [-0.4, -0.2) is 30.0 Å². The molecule has 0 aliphatic carbocycles. The highest BCUT2D eigenvalue weighted by atomic mass is 35.5. The molecule has 1 N–H and O–H groups in total. The Morgan fingerprint density at radius 3 is 2.33 bits per heavy atom. The van der Waals surface area contributed by atoms with Gasteiger partial charge in [-0.15, -0.1) is 0 Å². The molecular formula is C17H14Cl2N2O6. The number of para-hydroxylation sites is 2. The Kier molecular flexibility index (Phi) is 6.59. The molecule has 0 saturated carbocycles. The third kappa shape index (κ3) is 4.87. The lowest BCUT2D eigenvalue weighted by Gasteiger charge is -2.14. The number of halogens is 2. The van der Waals surface area contributed by atoms with E-state index in [9.17, 15) is 19.7 Å². The first-order valence-electron chi connectivity index (χ1n) is 7.53. The molecule has 142 valence electrons. The summed E-state index contributed by atoms with van der Waals surface area (Å²) in [6, 6.07) is 8.19. The Morgan fingerprint density at radius 2 is 1.78 bits per heavy atom. The summed E-state index contributed by atoms with van der Waals surface area (Å²) in [5.74, 6) is -1.37. The van der Waals surface area contributed by atoms with Crippen LogP contribution >= 0.6 is 23.2 Å². The van der Waals surface area contributed by atoms with Gasteiger partial charge in [0.25, 0.3) is 11.6 Å². The zero-order valence-electron chi connectivity index (χ0n) is 14.2. The number of nitrogens with zero attached hydrogens (tertiary/aromatic N) is 1. The first-order valence-corrected chi connectivity index (χ1v) is 8.28. The first kappa shape index (κ1) is 20.5. The molecule has 8 nitrogen and oxygen atoms in total. The molecule has 0 saturated heterocycles. The highest BCUT2D eigenvalue weighted by molar-refractivity contribution is 6.37. The van der Waals surface area contributed by atoms with E-state index in [-0.39, 0.29) is 32.7 Å². The van der Waals surface area contributed by atoms with Crippen molar-refractivity contribution in [2.75, 3.05) is 12.4 Å². The molecule has 27 heavy (non-hydrogen) atoms. The number of rotatable bonds is 6. The van der Waals surface area contributed by atoms with Gasteiger partial charge in [0, 0.05) is 6.07 Å². The van der Waals surface area contributed by atoms with Gasteiger partial charge >= 0.3 is 5.97 Å². The fourth-order valence-electron chi connectivity index (χ4n) is 2.13. The Balaban J connectivity index is 2.11. The summed E-state index contributed by atoms with van der Waals surface area (Å²) in [6.07, 6.45) is -1.23. The van der Waals surface area contributed by atoms with Crippen molar-refractivity contribution < 1.29 is 24.0 Å². The molecule has 10 heteroatoms. The predicted octanol–water partition coefficient (Wildman–Crippen LogP) is 4.09. The second kappa shape index (κ2) is 8.70. The van der Waals surface area contributed by atoms with E-state index in [1.165, 1.54) is 50.4 Å². The van der Waals surface area contributed by atoms with Crippen molar-refractivity contribution in [1.29, 1.82) is 0 Å². The Labute approximate surface area is 164 Å². The van der Waals surface area contributed by atoms with E-state index in [2.05, 4.69) is 5.32 Å². The normalized spacial score (nSPS) is 11.4. The number of anilines is 1. The lowest BCUT2D eigenvalue weighted by molar-refractivity contribution is -0.383. The van der Waals surface area contributed by atoms with E-state index in [1.54, 1.807) is 0 Å². The molecule has 0 heterocycles. The number of hydrogen-bond donors (Lipinski definition) is 1. The summed E-state index contributed by atoms with van der Waals surface area (Å²) in [5, 5.41) is 13.6. The number of nitro benzene ring substituents is 1. The van der Waals surface area contributed by atoms with Crippen LogP contribution in [0, 0.1) is 10.1 Å². The van der Waals surface area contributed by atoms with Gasteiger partial charge in [-0.3, -0.25) is 14.9 Å². The summed E-state index contributed by atoms with van der Waals surface area (Å²) in [5.41, 5.74) is -0.264. The van der Waals surface area contributed by atoms with Gasteiger partial charge in [0.15, 0.2) is 11.9 Å². The standard InChI is InChI=1S/C17H14Cl2N2O6/c1-9(16(22)20-13-5-3-4-6-14(13)21(24)25)27-17(23)10-7-11(18)15(26-2)12(19)8-10/h3-9H,1-2H3,(H,20,22)/t9-/m0/s1. The quantitative estimate of drug-likeness (QED) is 0.434. The Morgan fingerprint density at radius 1 is 1.19 bits per heavy atom. The maximum absolute atomic E-state index is 12.2. The van der Waals surface area contributed by atoms with E-state index in [0.29, 0.717) is 0 Å². The maximum atomic E-state index is 12.2. The first-order chi connectivity index (χ1) is 12.7. The molecule has 0 bridgehead atoms. The molecule has 0 radical (unpaired) electrons. The van der Waals surface area contributed by atoms with Gasteiger partial charge in [0.1, 0.15) is 5.69 Å². The van der Waals surface area contributed by atoms with E-state index in [0.717, 1.165) is 0 Å². The van der Waals surface area contributed by atoms with Crippen LogP contribution in [0.3, 0.4) is 0 Å². The predicted molar refractivity (Wildman–Crippen MR) is 99.6 cm³/mol. The number of amides is 1. The largest absolute Gasteiger partial charge is 0.494 e. The summed E-state index contributed by atoms with van der Waals surface area (Å²) >= 11 is 11.9. The van der Waals surface area contributed by atoms with Crippen molar-refractivity contribution >= 4 is 46.5 Å². The second-order valence-corrected chi connectivity index (χ2v) is 6.10. The van der Waals surface area contributed by atoms with Crippen LogP contribution in [0.25, 0.3) is 0 Å². The monoisotopic (exact) mass is 412 g/mol. The van der Waals surface area contributed by atoms with Crippen molar-refractivity contribution in [3.8, 4) is 5.75 Å². The zero-order valence-corrected chi connectivity index (χ0v) is 15.7. The van der Waals surface area contributed by atoms with Gasteiger partial charge in [0.2, 0.25) is 0 Å². The summed E-state index contributed by atoms with van der Waals surface area (Å²) in [6.45, 7) is 1.33. The number of methoxy groups -OCH3 is 1. The summed E-state index contributed by atoms with van der Waals surface area (Å²) in [4.78, 5) is 34.8. The molecule has 0 aliphatic heterocycles. The van der Waals surface area contributed by atoms with Crippen molar-refractivity contribution in [2.24, 2.45) is 0 Å². The van der Waals surface area contributed by atoms with E-state index in [4.69, 9.17) is 32.7 Å². The molecule has 0 spiro atoms. The number of carbonyl (C=O) groups excluding carboxylic acids is 2. The van der Waals surface area contributed by atoms with Gasteiger partial charge in [0.05, 0.1) is 27.6 Å². The third-order valence-corrected chi connectivity index (χ3v) is 4.01. The lowest BCUT2D eigenvalue weighted by atomic mass is 10.2. The smallest absolute Gasteiger partial charge is 0.339 e. The van der Waals surface area contributed by atoms with E-state index >= 15 is 0 Å². The number of esters is 1. The van der Waals surface area contributed by atoms with Crippen molar-refractivity contribution in [1.82, 2.24) is 0 Å². The molecule has 2 rings (SSSR count). The molecule has 2 aromatic rings. The van der Waals surface area contributed by atoms with Crippen molar-refractivity contribution in [3.05, 3.63) is 62.1 Å². The topological polar surface area (TPSA) is 108 Å². The van der Waals surface area contributed by atoms with E-state index in [1.807, 2.05) is 0 Å². The molecule has 1 atom stereocenters. The van der Waals surface area contributed by atoms with Gasteiger partial charge in [-0.1, -0.05) is 35.3 Å². The second-order valence-electron chi connectivity index (χ2n) is 5.28.